The summed E-state index contributed by atoms with van der Waals surface area (Å²) in [7, 11) is 0. The number of aliphatic hydroxyl groups is 1. The molecule has 2 aliphatic heterocycles. The number of allylic oxidation sites excluding steroid dienone is 1. The third-order valence-electron chi connectivity index (χ3n) is 5.40. The van der Waals surface area contributed by atoms with E-state index >= 15 is 0 Å². The fourth-order valence-electron chi connectivity index (χ4n) is 4.03. The first-order valence-corrected chi connectivity index (χ1v) is 12.0. The van der Waals surface area contributed by atoms with Crippen LogP contribution < -0.4 is 14.8 Å². The van der Waals surface area contributed by atoms with Crippen LogP contribution >= 0.6 is 11.8 Å². The Labute approximate surface area is 184 Å². The van der Waals surface area contributed by atoms with Crippen LogP contribution in [0.2, 0.25) is 0 Å². The zero-order chi connectivity index (χ0) is 21.3. The first-order valence-electron chi connectivity index (χ1n) is 11.0. The average molecular weight is 432 g/mol. The first kappa shape index (κ1) is 22.8. The lowest BCUT2D eigenvalue weighted by Crippen LogP contribution is -2.37. The van der Waals surface area contributed by atoms with Crippen LogP contribution in [0.1, 0.15) is 44.2 Å². The van der Waals surface area contributed by atoms with E-state index in [2.05, 4.69) is 16.3 Å². The Morgan fingerprint density at radius 2 is 1.90 bits per heavy atom. The number of rotatable bonds is 9. The zero-order valence-corrected chi connectivity index (χ0v) is 18.9. The Kier molecular flexibility index (Phi) is 8.74. The highest BCUT2D eigenvalue weighted by Gasteiger charge is 2.23. The quantitative estimate of drug-likeness (QED) is 0.580. The second-order valence-electron chi connectivity index (χ2n) is 7.64. The molecule has 1 atom stereocenters. The first-order chi connectivity index (χ1) is 14.7. The van der Waals surface area contributed by atoms with Crippen LogP contribution in [0.4, 0.5) is 0 Å². The standard InChI is InChI=1S/C23H33N3O3S/c1-3-28-20-12-17-8-9-25-23(19(17)13-21(20)29-4-2)22(14-24)30-16-18(27)15-26-10-6-5-7-11-26/h12-13,18,25,27H,3-11,15-16H2,1-2H3. The van der Waals surface area contributed by atoms with Crippen molar-refractivity contribution in [3.05, 3.63) is 28.2 Å². The normalized spacial score (nSPS) is 19.3. The van der Waals surface area contributed by atoms with Crippen molar-refractivity contribution in [3.63, 3.8) is 0 Å². The topological polar surface area (TPSA) is 77.8 Å². The number of piperidine rings is 1. The van der Waals surface area contributed by atoms with Crippen LogP contribution in [0.15, 0.2) is 17.0 Å². The van der Waals surface area contributed by atoms with Crippen LogP contribution in [-0.4, -0.2) is 61.3 Å². The number of hydrogen-bond acceptors (Lipinski definition) is 7. The number of nitrogens with zero attached hydrogens (tertiary/aromatic N) is 2. The summed E-state index contributed by atoms with van der Waals surface area (Å²) in [6, 6.07) is 6.36. The summed E-state index contributed by atoms with van der Waals surface area (Å²) in [5, 5.41) is 23.7. The van der Waals surface area contributed by atoms with Crippen molar-refractivity contribution in [2.45, 2.75) is 45.6 Å². The van der Waals surface area contributed by atoms with E-state index < -0.39 is 6.10 Å². The number of fused-ring (bicyclic) bond motifs is 1. The largest absolute Gasteiger partial charge is 0.490 e. The molecule has 0 aromatic heterocycles. The minimum absolute atomic E-state index is 0.445. The number of thioether (sulfide) groups is 1. The maximum Gasteiger partial charge on any atom is 0.161 e. The molecular weight excluding hydrogens is 398 g/mol. The summed E-state index contributed by atoms with van der Waals surface area (Å²) in [4.78, 5) is 2.94. The Hall–Kier alpha value is -1.88. The molecule has 2 N–H and O–H groups in total. The van der Waals surface area contributed by atoms with Gasteiger partial charge in [0.25, 0.3) is 0 Å². The van der Waals surface area contributed by atoms with Gasteiger partial charge in [-0.2, -0.15) is 5.26 Å². The molecule has 1 saturated heterocycles. The fraction of sp³-hybridized carbons (Fsp3) is 0.609. The van der Waals surface area contributed by atoms with Crippen molar-refractivity contribution in [2.24, 2.45) is 0 Å². The fourth-order valence-corrected chi connectivity index (χ4v) is 4.89. The summed E-state index contributed by atoms with van der Waals surface area (Å²) in [6.45, 7) is 8.60. The third kappa shape index (κ3) is 5.84. The Bertz CT molecular complexity index is 785. The molecule has 1 aromatic carbocycles. The highest BCUT2D eigenvalue weighted by Crippen LogP contribution is 2.38. The minimum atomic E-state index is -0.445. The third-order valence-corrected chi connectivity index (χ3v) is 6.54. The van der Waals surface area contributed by atoms with Gasteiger partial charge in [0.2, 0.25) is 0 Å². The van der Waals surface area contributed by atoms with Gasteiger partial charge in [-0.3, -0.25) is 0 Å². The number of aliphatic hydroxyl groups excluding tert-OH is 1. The Morgan fingerprint density at radius 1 is 1.20 bits per heavy atom. The molecule has 1 aromatic rings. The van der Waals surface area contributed by atoms with E-state index in [1.165, 1.54) is 31.0 Å². The number of benzene rings is 1. The van der Waals surface area contributed by atoms with E-state index in [1.54, 1.807) is 0 Å². The van der Waals surface area contributed by atoms with E-state index in [0.717, 1.165) is 48.6 Å². The van der Waals surface area contributed by atoms with Gasteiger partial charge in [0.05, 0.1) is 25.0 Å². The molecule has 0 amide bonds. The smallest absolute Gasteiger partial charge is 0.161 e. The Morgan fingerprint density at radius 3 is 2.57 bits per heavy atom. The van der Waals surface area contributed by atoms with Crippen LogP contribution in [0.3, 0.4) is 0 Å². The van der Waals surface area contributed by atoms with Gasteiger partial charge in [0.15, 0.2) is 11.5 Å². The lowest BCUT2D eigenvalue weighted by molar-refractivity contribution is 0.117. The zero-order valence-electron chi connectivity index (χ0n) is 18.1. The average Bonchev–Trinajstić information content (AvgIpc) is 2.76. The number of nitrogens with one attached hydrogen (secondary N) is 1. The molecule has 2 heterocycles. The van der Waals surface area contributed by atoms with E-state index in [0.29, 0.717) is 36.2 Å². The number of likely N-dealkylation sites (tertiary alicyclic amines) is 1. The maximum atomic E-state index is 10.5. The lowest BCUT2D eigenvalue weighted by Gasteiger charge is -2.28. The second kappa shape index (κ2) is 11.5. The molecule has 2 aliphatic rings. The molecule has 0 aliphatic carbocycles. The molecule has 1 unspecified atom stereocenters. The summed E-state index contributed by atoms with van der Waals surface area (Å²) in [5.74, 6) is 1.96. The molecule has 164 valence electrons. The highest BCUT2D eigenvalue weighted by molar-refractivity contribution is 8.03. The SMILES string of the molecule is CCOc1cc2c(cc1OCC)C(=C(C#N)SCC(O)CN1CCCCC1)NCC2. The molecule has 7 heteroatoms. The van der Waals surface area contributed by atoms with E-state index in [-0.39, 0.29) is 0 Å². The summed E-state index contributed by atoms with van der Waals surface area (Å²) in [6.07, 6.45) is 4.12. The second-order valence-corrected chi connectivity index (χ2v) is 8.67. The van der Waals surface area contributed by atoms with Gasteiger partial charge in [-0.05, 0) is 63.9 Å². The van der Waals surface area contributed by atoms with Crippen molar-refractivity contribution in [2.75, 3.05) is 45.1 Å². The lowest BCUT2D eigenvalue weighted by atomic mass is 9.97. The molecule has 6 nitrogen and oxygen atoms in total. The number of hydrogen-bond donors (Lipinski definition) is 2. The van der Waals surface area contributed by atoms with Gasteiger partial charge in [-0.1, -0.05) is 6.42 Å². The minimum Gasteiger partial charge on any atom is -0.490 e. The monoisotopic (exact) mass is 431 g/mol. The maximum absolute atomic E-state index is 10.5. The van der Waals surface area contributed by atoms with Crippen molar-refractivity contribution in [1.82, 2.24) is 10.2 Å². The molecule has 30 heavy (non-hydrogen) atoms. The molecule has 0 radical (unpaired) electrons. The molecule has 3 rings (SSSR count). The summed E-state index contributed by atoms with van der Waals surface area (Å²) < 4.78 is 11.5. The van der Waals surface area contributed by atoms with Crippen LogP contribution in [0.25, 0.3) is 5.70 Å². The number of ether oxygens (including phenoxy) is 2. The predicted octanol–water partition coefficient (Wildman–Crippen LogP) is 3.40. The van der Waals surface area contributed by atoms with Crippen molar-refractivity contribution < 1.29 is 14.6 Å². The van der Waals surface area contributed by atoms with Crippen LogP contribution in [-0.2, 0) is 6.42 Å². The van der Waals surface area contributed by atoms with Gasteiger partial charge in [0.1, 0.15) is 11.0 Å². The Balaban J connectivity index is 1.77. The van der Waals surface area contributed by atoms with Crippen molar-refractivity contribution in [3.8, 4) is 17.6 Å². The predicted molar refractivity (Wildman–Crippen MR) is 122 cm³/mol. The van der Waals surface area contributed by atoms with Crippen LogP contribution in [0.5, 0.6) is 11.5 Å². The highest BCUT2D eigenvalue weighted by atomic mass is 32.2. The molecule has 0 bridgehead atoms. The summed E-state index contributed by atoms with van der Waals surface area (Å²) in [5.41, 5.74) is 2.97. The summed E-state index contributed by atoms with van der Waals surface area (Å²) >= 11 is 1.43. The van der Waals surface area contributed by atoms with Gasteiger partial charge < -0.3 is 24.8 Å². The van der Waals surface area contributed by atoms with Gasteiger partial charge in [0, 0.05) is 24.4 Å². The molecular formula is C23H33N3O3S. The van der Waals surface area contributed by atoms with E-state index in [9.17, 15) is 10.4 Å². The van der Waals surface area contributed by atoms with Crippen LogP contribution in [0, 0.1) is 11.3 Å². The number of nitriles is 1. The molecule has 0 saturated carbocycles. The van der Waals surface area contributed by atoms with Gasteiger partial charge in [-0.25, -0.2) is 0 Å². The molecule has 1 fully saturated rings. The van der Waals surface area contributed by atoms with Crippen molar-refractivity contribution >= 4 is 17.5 Å². The molecule has 0 spiro atoms. The number of β-amino-alcohol motifs (C(OH)–C–C–N with tert-alkyl or cyclic N) is 1. The van der Waals surface area contributed by atoms with Crippen molar-refractivity contribution in [1.29, 1.82) is 5.26 Å². The van der Waals surface area contributed by atoms with E-state index in [1.807, 2.05) is 26.0 Å². The van der Waals surface area contributed by atoms with Gasteiger partial charge in [-0.15, -0.1) is 11.8 Å². The van der Waals surface area contributed by atoms with Gasteiger partial charge >= 0.3 is 0 Å². The van der Waals surface area contributed by atoms with E-state index in [4.69, 9.17) is 9.47 Å².